The van der Waals surface area contributed by atoms with Crippen LogP contribution in [0.25, 0.3) is 0 Å². The van der Waals surface area contributed by atoms with Crippen molar-refractivity contribution in [3.05, 3.63) is 17.5 Å². The number of piperidine rings is 1. The van der Waals surface area contributed by atoms with E-state index in [1.54, 1.807) is 15.9 Å². The minimum Gasteiger partial charge on any atom is -0.441 e. The number of aryl methyl sites for hydroxylation is 1. The van der Waals surface area contributed by atoms with Crippen LogP contribution in [-0.4, -0.2) is 84.3 Å². The summed E-state index contributed by atoms with van der Waals surface area (Å²) in [5.41, 5.74) is -0.0994. The van der Waals surface area contributed by atoms with Crippen molar-refractivity contribution >= 4 is 12.0 Å². The highest BCUT2D eigenvalue weighted by atomic mass is 16.6. The molecule has 0 saturated carbocycles. The van der Waals surface area contributed by atoms with Crippen LogP contribution >= 0.6 is 0 Å². The van der Waals surface area contributed by atoms with E-state index in [2.05, 4.69) is 12.1 Å². The SMILES string of the molecule is CCCc1cc(C(=O)N2CCC3(CC2)CN(CCN(C)C)C(=O)O3)no1. The maximum atomic E-state index is 12.6. The van der Waals surface area contributed by atoms with Gasteiger partial charge in [-0.15, -0.1) is 0 Å². The summed E-state index contributed by atoms with van der Waals surface area (Å²) in [6.45, 7) is 5.25. The third-order valence-corrected chi connectivity index (χ3v) is 5.09. The van der Waals surface area contributed by atoms with Crippen LogP contribution in [0.2, 0.25) is 0 Å². The molecule has 0 unspecified atom stereocenters. The van der Waals surface area contributed by atoms with E-state index < -0.39 is 5.60 Å². The minimum atomic E-state index is -0.461. The van der Waals surface area contributed by atoms with Gasteiger partial charge in [0.2, 0.25) is 0 Å². The monoisotopic (exact) mass is 364 g/mol. The molecule has 0 aromatic carbocycles. The van der Waals surface area contributed by atoms with Crippen molar-refractivity contribution in [1.82, 2.24) is 19.9 Å². The van der Waals surface area contributed by atoms with Gasteiger partial charge in [-0.25, -0.2) is 4.79 Å². The Morgan fingerprint density at radius 2 is 2.08 bits per heavy atom. The number of ether oxygens (including phenoxy) is 1. The Balaban J connectivity index is 1.55. The predicted molar refractivity (Wildman–Crippen MR) is 95.0 cm³/mol. The fraction of sp³-hybridized carbons (Fsp3) is 0.722. The molecule has 0 N–H and O–H groups in total. The molecule has 0 bridgehead atoms. The van der Waals surface area contributed by atoms with Gasteiger partial charge in [-0.3, -0.25) is 4.79 Å². The molecule has 0 atom stereocenters. The van der Waals surface area contributed by atoms with Gasteiger partial charge in [0.25, 0.3) is 5.91 Å². The smallest absolute Gasteiger partial charge is 0.410 e. The Morgan fingerprint density at radius 1 is 1.35 bits per heavy atom. The van der Waals surface area contributed by atoms with E-state index in [1.807, 2.05) is 19.0 Å². The number of carbonyl (C=O) groups excluding carboxylic acids is 2. The zero-order valence-electron chi connectivity index (χ0n) is 15.9. The Morgan fingerprint density at radius 3 is 2.73 bits per heavy atom. The van der Waals surface area contributed by atoms with E-state index >= 15 is 0 Å². The molecule has 3 heterocycles. The summed E-state index contributed by atoms with van der Waals surface area (Å²) >= 11 is 0. The van der Waals surface area contributed by atoms with Crippen LogP contribution in [0.3, 0.4) is 0 Å². The highest BCUT2D eigenvalue weighted by molar-refractivity contribution is 5.92. The third kappa shape index (κ3) is 4.00. The molecular weight excluding hydrogens is 336 g/mol. The lowest BCUT2D eigenvalue weighted by Gasteiger charge is -2.37. The third-order valence-electron chi connectivity index (χ3n) is 5.09. The Bertz CT molecular complexity index is 649. The van der Waals surface area contributed by atoms with Crippen LogP contribution in [0.15, 0.2) is 10.6 Å². The molecule has 1 aromatic rings. The molecule has 2 aliphatic rings. The van der Waals surface area contributed by atoms with Gasteiger partial charge in [-0.05, 0) is 20.5 Å². The lowest BCUT2D eigenvalue weighted by Crippen LogP contribution is -2.49. The summed E-state index contributed by atoms with van der Waals surface area (Å²) in [6.07, 6.45) is 2.80. The molecule has 2 fully saturated rings. The summed E-state index contributed by atoms with van der Waals surface area (Å²) in [5.74, 6) is 0.630. The van der Waals surface area contributed by atoms with Crippen LogP contribution in [0, 0.1) is 0 Å². The first-order valence-electron chi connectivity index (χ1n) is 9.30. The Kier molecular flexibility index (Phi) is 5.50. The standard InChI is InChI=1S/C18H28N4O4/c1-4-5-14-12-15(19-26-14)16(23)21-8-6-18(7-9-21)13-22(17(24)25-18)11-10-20(2)3/h12H,4-11,13H2,1-3H3. The number of likely N-dealkylation sites (tertiary alicyclic amines) is 1. The van der Waals surface area contributed by atoms with E-state index in [-0.39, 0.29) is 12.0 Å². The maximum absolute atomic E-state index is 12.6. The fourth-order valence-electron chi connectivity index (χ4n) is 3.50. The number of nitrogens with zero attached hydrogens (tertiary/aromatic N) is 4. The van der Waals surface area contributed by atoms with Crippen molar-refractivity contribution in [1.29, 1.82) is 0 Å². The van der Waals surface area contributed by atoms with Crippen LogP contribution in [0.5, 0.6) is 0 Å². The summed E-state index contributed by atoms with van der Waals surface area (Å²) < 4.78 is 10.9. The van der Waals surface area contributed by atoms with Gasteiger partial charge < -0.3 is 24.0 Å². The first-order valence-corrected chi connectivity index (χ1v) is 9.30. The van der Waals surface area contributed by atoms with E-state index in [0.717, 1.165) is 25.1 Å². The molecule has 0 radical (unpaired) electrons. The first-order chi connectivity index (χ1) is 12.4. The van der Waals surface area contributed by atoms with E-state index in [1.165, 1.54) is 0 Å². The molecule has 8 nitrogen and oxygen atoms in total. The average molecular weight is 364 g/mol. The summed E-state index contributed by atoms with van der Waals surface area (Å²) in [4.78, 5) is 30.3. The molecule has 1 aromatic heterocycles. The second kappa shape index (κ2) is 7.65. The van der Waals surface area contributed by atoms with Gasteiger partial charge in [0.05, 0.1) is 6.54 Å². The quantitative estimate of drug-likeness (QED) is 0.763. The molecule has 26 heavy (non-hydrogen) atoms. The largest absolute Gasteiger partial charge is 0.441 e. The minimum absolute atomic E-state index is 0.111. The van der Waals surface area contributed by atoms with Gasteiger partial charge in [-0.1, -0.05) is 12.1 Å². The average Bonchev–Trinajstić information content (AvgIpc) is 3.18. The summed E-state index contributed by atoms with van der Waals surface area (Å²) in [6, 6.07) is 1.73. The number of amides is 2. The zero-order valence-corrected chi connectivity index (χ0v) is 15.9. The van der Waals surface area contributed by atoms with Crippen molar-refractivity contribution in [2.24, 2.45) is 0 Å². The first kappa shape index (κ1) is 18.7. The van der Waals surface area contributed by atoms with Gasteiger partial charge in [-0.2, -0.15) is 0 Å². The van der Waals surface area contributed by atoms with Crippen molar-refractivity contribution in [3.8, 4) is 0 Å². The van der Waals surface area contributed by atoms with Crippen LogP contribution in [0.4, 0.5) is 4.79 Å². The van der Waals surface area contributed by atoms with Gasteiger partial charge in [0.15, 0.2) is 5.69 Å². The Labute approximate surface area is 154 Å². The van der Waals surface area contributed by atoms with Gasteiger partial charge in [0, 0.05) is 51.5 Å². The van der Waals surface area contributed by atoms with Crippen LogP contribution < -0.4 is 0 Å². The fourth-order valence-corrected chi connectivity index (χ4v) is 3.50. The van der Waals surface area contributed by atoms with Gasteiger partial charge >= 0.3 is 6.09 Å². The van der Waals surface area contributed by atoms with E-state index in [0.29, 0.717) is 44.7 Å². The van der Waals surface area contributed by atoms with Crippen LogP contribution in [0.1, 0.15) is 42.4 Å². The summed E-state index contributed by atoms with van der Waals surface area (Å²) in [7, 11) is 3.97. The lowest BCUT2D eigenvalue weighted by molar-refractivity contribution is 0.00286. The number of likely N-dealkylation sites (N-methyl/N-ethyl adjacent to an activating group) is 1. The maximum Gasteiger partial charge on any atom is 0.410 e. The number of hydrogen-bond donors (Lipinski definition) is 0. The van der Waals surface area contributed by atoms with Crippen LogP contribution in [-0.2, 0) is 11.2 Å². The molecule has 2 saturated heterocycles. The molecule has 8 heteroatoms. The van der Waals surface area contributed by atoms with Crippen molar-refractivity contribution < 1.29 is 18.8 Å². The molecule has 3 rings (SSSR count). The molecule has 0 aliphatic carbocycles. The highest BCUT2D eigenvalue weighted by Gasteiger charge is 2.47. The van der Waals surface area contributed by atoms with Crippen molar-refractivity contribution in [2.45, 2.75) is 38.2 Å². The van der Waals surface area contributed by atoms with E-state index in [4.69, 9.17) is 9.26 Å². The zero-order chi connectivity index (χ0) is 18.7. The second-order valence-electron chi connectivity index (χ2n) is 7.50. The molecule has 2 amide bonds. The van der Waals surface area contributed by atoms with Gasteiger partial charge in [0.1, 0.15) is 11.4 Å². The normalized spacial score (nSPS) is 19.5. The van der Waals surface area contributed by atoms with Crippen molar-refractivity contribution in [3.63, 3.8) is 0 Å². The summed E-state index contributed by atoms with van der Waals surface area (Å²) in [5, 5.41) is 3.90. The highest BCUT2D eigenvalue weighted by Crippen LogP contribution is 2.33. The number of carbonyl (C=O) groups is 2. The number of rotatable bonds is 6. The van der Waals surface area contributed by atoms with Crippen molar-refractivity contribution in [2.75, 3.05) is 46.8 Å². The lowest BCUT2D eigenvalue weighted by atomic mass is 9.91. The predicted octanol–water partition coefficient (Wildman–Crippen LogP) is 1.62. The van der Waals surface area contributed by atoms with E-state index in [9.17, 15) is 9.59 Å². The Hall–Kier alpha value is -2.09. The molecule has 144 valence electrons. The molecular formula is C18H28N4O4. The number of aromatic nitrogens is 1. The molecule has 2 aliphatic heterocycles. The second-order valence-corrected chi connectivity index (χ2v) is 7.50. The topological polar surface area (TPSA) is 79.1 Å². The molecule has 1 spiro atoms. The number of hydrogen-bond acceptors (Lipinski definition) is 6.